The lowest BCUT2D eigenvalue weighted by molar-refractivity contribution is -0.139. The predicted molar refractivity (Wildman–Crippen MR) is 132 cm³/mol. The van der Waals surface area contributed by atoms with Crippen LogP contribution in [-0.2, 0) is 14.3 Å². The van der Waals surface area contributed by atoms with Gasteiger partial charge in [0.05, 0.1) is 28.3 Å². The van der Waals surface area contributed by atoms with E-state index in [9.17, 15) is 14.4 Å². The lowest BCUT2D eigenvalue weighted by Gasteiger charge is -2.43. The molecule has 34 heavy (non-hydrogen) atoms. The molecule has 10 heteroatoms. The van der Waals surface area contributed by atoms with Crippen LogP contribution in [0, 0.1) is 5.92 Å². The maximum atomic E-state index is 13.2. The van der Waals surface area contributed by atoms with Gasteiger partial charge in [0, 0.05) is 50.9 Å². The molecule has 1 N–H and O–H groups in total. The molecule has 2 aliphatic heterocycles. The summed E-state index contributed by atoms with van der Waals surface area (Å²) in [6.07, 6.45) is 0. The molecule has 1 aromatic carbocycles. The van der Waals surface area contributed by atoms with Gasteiger partial charge in [-0.1, -0.05) is 49.2 Å². The van der Waals surface area contributed by atoms with E-state index in [1.165, 1.54) is 4.90 Å². The number of halogens is 2. The van der Waals surface area contributed by atoms with E-state index >= 15 is 0 Å². The van der Waals surface area contributed by atoms with Crippen LogP contribution >= 0.6 is 23.2 Å². The number of carbonyl (C=O) groups is 3. The van der Waals surface area contributed by atoms with Crippen LogP contribution in [0.2, 0.25) is 10.0 Å². The summed E-state index contributed by atoms with van der Waals surface area (Å²) in [7, 11) is 1.63. The average molecular weight is 511 g/mol. The molecule has 1 fully saturated rings. The minimum absolute atomic E-state index is 0.0104. The Bertz CT molecular complexity index is 997. The summed E-state index contributed by atoms with van der Waals surface area (Å²) in [5.41, 5.74) is 1.39. The lowest BCUT2D eigenvalue weighted by atomic mass is 9.94. The molecular formula is C24H32Cl2N4O4. The van der Waals surface area contributed by atoms with Crippen LogP contribution in [0.3, 0.4) is 0 Å². The number of carbonyl (C=O) groups excluding carboxylic acids is 3. The number of ether oxygens (including phenoxy) is 1. The minimum Gasteiger partial charge on any atom is -0.463 e. The highest BCUT2D eigenvalue weighted by molar-refractivity contribution is 6.42. The Morgan fingerprint density at radius 2 is 1.94 bits per heavy atom. The molecule has 1 aromatic rings. The summed E-state index contributed by atoms with van der Waals surface area (Å²) in [4.78, 5) is 44.1. The highest BCUT2D eigenvalue weighted by Crippen LogP contribution is 2.37. The number of nitrogens with one attached hydrogen (secondary N) is 1. The van der Waals surface area contributed by atoms with Crippen molar-refractivity contribution in [3.63, 3.8) is 0 Å². The maximum absolute atomic E-state index is 13.2. The Kier molecular flexibility index (Phi) is 8.49. The number of amides is 3. The molecule has 8 nitrogen and oxygen atoms in total. The molecule has 186 valence electrons. The van der Waals surface area contributed by atoms with E-state index in [2.05, 4.69) is 10.2 Å². The van der Waals surface area contributed by atoms with Crippen LogP contribution in [-0.4, -0.2) is 78.5 Å². The van der Waals surface area contributed by atoms with E-state index in [4.69, 9.17) is 27.9 Å². The number of hydrogen-bond donors (Lipinski definition) is 1. The minimum atomic E-state index is -0.801. The lowest BCUT2D eigenvalue weighted by Crippen LogP contribution is -2.56. The molecule has 2 atom stereocenters. The number of esters is 1. The van der Waals surface area contributed by atoms with E-state index in [-0.39, 0.29) is 35.5 Å². The first-order valence-corrected chi connectivity index (χ1v) is 12.2. The summed E-state index contributed by atoms with van der Waals surface area (Å²) in [5, 5.41) is 3.47. The van der Waals surface area contributed by atoms with Crippen molar-refractivity contribution in [3.8, 4) is 0 Å². The molecule has 0 aromatic heterocycles. The largest absolute Gasteiger partial charge is 0.463 e. The third kappa shape index (κ3) is 5.34. The fourth-order valence-corrected chi connectivity index (χ4v) is 4.84. The SMILES string of the molecule is CCOC(=O)C1=C(CN2CCN(C(=O)C(C)C)[C@H](C)C2)N(C)C(=O)N[C@@H]1c1cccc(Cl)c1Cl. The van der Waals surface area contributed by atoms with Crippen LogP contribution in [0.1, 0.15) is 39.3 Å². The summed E-state index contributed by atoms with van der Waals surface area (Å²) >= 11 is 12.7. The summed E-state index contributed by atoms with van der Waals surface area (Å²) in [6.45, 7) is 9.91. The fraction of sp³-hybridized carbons (Fsp3) is 0.542. The third-order valence-electron chi connectivity index (χ3n) is 6.23. The molecule has 3 rings (SSSR count). The first kappa shape index (κ1) is 26.3. The van der Waals surface area contributed by atoms with Crippen molar-refractivity contribution in [1.82, 2.24) is 20.0 Å². The molecule has 0 radical (unpaired) electrons. The van der Waals surface area contributed by atoms with Crippen LogP contribution in [0.5, 0.6) is 0 Å². The van der Waals surface area contributed by atoms with Gasteiger partial charge in [-0.15, -0.1) is 0 Å². The highest BCUT2D eigenvalue weighted by atomic mass is 35.5. The van der Waals surface area contributed by atoms with E-state index in [1.54, 1.807) is 32.2 Å². The number of urea groups is 1. The third-order valence-corrected chi connectivity index (χ3v) is 7.06. The van der Waals surface area contributed by atoms with Gasteiger partial charge in [-0.2, -0.15) is 0 Å². The van der Waals surface area contributed by atoms with E-state index < -0.39 is 12.0 Å². The summed E-state index contributed by atoms with van der Waals surface area (Å²) in [6, 6.07) is 3.97. The topological polar surface area (TPSA) is 82.2 Å². The zero-order chi connectivity index (χ0) is 25.2. The maximum Gasteiger partial charge on any atom is 0.338 e. The Balaban J connectivity index is 1.98. The van der Waals surface area contributed by atoms with Crippen molar-refractivity contribution >= 4 is 41.1 Å². The number of benzene rings is 1. The number of likely N-dealkylation sites (N-methyl/N-ethyl adjacent to an activating group) is 1. The van der Waals surface area contributed by atoms with E-state index in [0.717, 1.165) is 0 Å². The van der Waals surface area contributed by atoms with Crippen LogP contribution in [0.4, 0.5) is 4.79 Å². The Morgan fingerprint density at radius 1 is 1.24 bits per heavy atom. The van der Waals surface area contributed by atoms with Gasteiger partial charge in [0.25, 0.3) is 0 Å². The van der Waals surface area contributed by atoms with Gasteiger partial charge in [0.15, 0.2) is 0 Å². The first-order chi connectivity index (χ1) is 16.1. The second kappa shape index (κ2) is 11.0. The smallest absolute Gasteiger partial charge is 0.338 e. The van der Waals surface area contributed by atoms with Gasteiger partial charge in [0.1, 0.15) is 0 Å². The van der Waals surface area contributed by atoms with Gasteiger partial charge in [-0.05, 0) is 25.5 Å². The van der Waals surface area contributed by atoms with Gasteiger partial charge < -0.3 is 15.0 Å². The summed E-state index contributed by atoms with van der Waals surface area (Å²) < 4.78 is 5.38. The zero-order valence-corrected chi connectivity index (χ0v) is 21.7. The molecule has 0 bridgehead atoms. The van der Waals surface area contributed by atoms with Crippen LogP contribution < -0.4 is 5.32 Å². The first-order valence-electron chi connectivity index (χ1n) is 11.5. The van der Waals surface area contributed by atoms with Crippen molar-refractivity contribution in [3.05, 3.63) is 45.1 Å². The number of rotatable bonds is 6. The van der Waals surface area contributed by atoms with Crippen molar-refractivity contribution < 1.29 is 19.1 Å². The highest BCUT2D eigenvalue weighted by Gasteiger charge is 2.39. The Hall–Kier alpha value is -2.29. The van der Waals surface area contributed by atoms with Crippen LogP contribution in [0.25, 0.3) is 0 Å². The van der Waals surface area contributed by atoms with E-state index in [1.807, 2.05) is 25.7 Å². The Labute approximate surface area is 210 Å². The van der Waals surface area contributed by atoms with Crippen molar-refractivity contribution in [2.24, 2.45) is 5.92 Å². The predicted octanol–water partition coefficient (Wildman–Crippen LogP) is 3.70. The van der Waals surface area contributed by atoms with Gasteiger partial charge in [0.2, 0.25) is 5.91 Å². The van der Waals surface area contributed by atoms with Gasteiger partial charge >= 0.3 is 12.0 Å². The molecule has 0 spiro atoms. The number of piperazine rings is 1. The van der Waals surface area contributed by atoms with Crippen molar-refractivity contribution in [2.75, 3.05) is 39.8 Å². The quantitative estimate of drug-likeness (QED) is 0.590. The second-order valence-corrected chi connectivity index (χ2v) is 9.72. The molecule has 1 saturated heterocycles. The zero-order valence-electron chi connectivity index (χ0n) is 20.2. The second-order valence-electron chi connectivity index (χ2n) is 8.94. The molecule has 0 aliphatic carbocycles. The van der Waals surface area contributed by atoms with E-state index in [0.29, 0.717) is 48.0 Å². The molecule has 2 aliphatic rings. The van der Waals surface area contributed by atoms with Crippen LogP contribution in [0.15, 0.2) is 29.5 Å². The molecular weight excluding hydrogens is 479 g/mol. The average Bonchev–Trinajstić information content (AvgIpc) is 2.78. The number of hydrogen-bond acceptors (Lipinski definition) is 5. The normalized spacial score (nSPS) is 21.7. The summed E-state index contributed by atoms with van der Waals surface area (Å²) in [5.74, 6) is -0.459. The molecule has 0 saturated carbocycles. The molecule has 3 amide bonds. The number of nitrogens with zero attached hydrogens (tertiary/aromatic N) is 3. The van der Waals surface area contributed by atoms with Crippen molar-refractivity contribution in [1.29, 1.82) is 0 Å². The van der Waals surface area contributed by atoms with Gasteiger partial charge in [-0.3, -0.25) is 14.6 Å². The molecule has 2 heterocycles. The molecule has 0 unspecified atom stereocenters. The Morgan fingerprint density at radius 3 is 2.56 bits per heavy atom. The fourth-order valence-electron chi connectivity index (χ4n) is 4.42. The van der Waals surface area contributed by atoms with Gasteiger partial charge in [-0.25, -0.2) is 9.59 Å². The monoisotopic (exact) mass is 510 g/mol. The van der Waals surface area contributed by atoms with Crippen molar-refractivity contribution in [2.45, 2.75) is 39.8 Å². The standard InChI is InChI=1S/C24H32Cl2N4O4/c1-6-34-23(32)19-18(13-29-10-11-30(15(4)12-29)22(31)14(2)3)28(5)24(33)27-21(19)16-8-7-9-17(25)20(16)26/h7-9,14-15,21H,6,10-13H2,1-5H3,(H,27,33)/t15-,21-/m1/s1.